The van der Waals surface area contributed by atoms with Gasteiger partial charge in [-0.15, -0.1) is 0 Å². The van der Waals surface area contributed by atoms with Crippen LogP contribution in [0.4, 0.5) is 0 Å². The maximum absolute atomic E-state index is 10.9. The molecule has 4 N–H and O–H groups in total. The second-order valence-corrected chi connectivity index (χ2v) is 6.20. The molecule has 1 rings (SSSR count). The highest BCUT2D eigenvalue weighted by molar-refractivity contribution is 7.91. The molecule has 0 saturated carbocycles. The highest BCUT2D eigenvalue weighted by atomic mass is 32.2. The molecule has 0 spiro atoms. The molecule has 0 radical (unpaired) electrons. The van der Waals surface area contributed by atoms with E-state index in [1.54, 1.807) is 0 Å². The predicted molar refractivity (Wildman–Crippen MR) is 52.1 cm³/mol. The maximum atomic E-state index is 10.9. The zero-order chi connectivity index (χ0) is 11.9. The maximum Gasteiger partial charge on any atom is 0.289 e. The van der Waals surface area contributed by atoms with E-state index < -0.39 is 30.4 Å². The Kier molecular flexibility index (Phi) is 2.78. The highest BCUT2D eigenvalue weighted by Crippen LogP contribution is 2.26. The molecule has 0 amide bonds. The van der Waals surface area contributed by atoms with Gasteiger partial charge in [0.15, 0.2) is 4.87 Å². The van der Waals surface area contributed by atoms with E-state index in [2.05, 4.69) is 0 Å². The Morgan fingerprint density at radius 2 is 1.67 bits per heavy atom. The largest absolute Gasteiger partial charge is 0.306 e. The first kappa shape index (κ1) is 12.3. The lowest BCUT2D eigenvalue weighted by Crippen LogP contribution is -2.58. The quantitative estimate of drug-likeness (QED) is 0.533. The average Bonchev–Trinajstić information content (AvgIpc) is 2.00. The van der Waals surface area contributed by atoms with Gasteiger partial charge in [-0.3, -0.25) is 9.11 Å². The number of rotatable bonds is 2. The molecule has 0 aliphatic heterocycles. The number of hydrogen-bond acceptors (Lipinski definition) is 5. The van der Waals surface area contributed by atoms with Crippen LogP contribution in [-0.2, 0) is 20.2 Å². The van der Waals surface area contributed by atoms with Crippen LogP contribution in [0.3, 0.4) is 0 Å². The monoisotopic (exact) mass is 255 g/mol. The molecule has 0 aromatic carbocycles. The number of nitrogens with two attached hydrogens (primary N) is 1. The van der Waals surface area contributed by atoms with Crippen molar-refractivity contribution >= 4 is 20.2 Å². The van der Waals surface area contributed by atoms with Crippen LogP contribution in [0.15, 0.2) is 24.3 Å². The Morgan fingerprint density at radius 3 is 2.00 bits per heavy atom. The van der Waals surface area contributed by atoms with Gasteiger partial charge in [0.25, 0.3) is 20.2 Å². The third-order valence-corrected chi connectivity index (χ3v) is 4.59. The van der Waals surface area contributed by atoms with Crippen molar-refractivity contribution in [2.45, 2.75) is 10.1 Å². The molecule has 2 atom stereocenters. The van der Waals surface area contributed by atoms with Crippen LogP contribution in [-0.4, -0.2) is 36.1 Å². The van der Waals surface area contributed by atoms with Gasteiger partial charge in [0.1, 0.15) is 5.25 Å². The van der Waals surface area contributed by atoms with Gasteiger partial charge in [-0.25, -0.2) is 0 Å². The molecule has 1 aliphatic carbocycles. The predicted octanol–water partition coefficient (Wildman–Crippen LogP) is -1.09. The van der Waals surface area contributed by atoms with Crippen LogP contribution >= 0.6 is 0 Å². The van der Waals surface area contributed by atoms with Crippen molar-refractivity contribution in [2.24, 2.45) is 5.73 Å². The molecule has 0 fully saturated rings. The minimum absolute atomic E-state index is 0.792. The van der Waals surface area contributed by atoms with Crippen molar-refractivity contribution in [3.8, 4) is 0 Å². The smallest absolute Gasteiger partial charge is 0.289 e. The van der Waals surface area contributed by atoms with Gasteiger partial charge < -0.3 is 5.73 Å². The van der Waals surface area contributed by atoms with Crippen LogP contribution < -0.4 is 5.73 Å². The molecule has 7 nitrogen and oxygen atoms in total. The summed E-state index contributed by atoms with van der Waals surface area (Å²) in [6.45, 7) is 0. The lowest BCUT2D eigenvalue weighted by molar-refractivity contribution is 0.428. The van der Waals surface area contributed by atoms with E-state index in [9.17, 15) is 16.8 Å². The molecule has 0 aromatic heterocycles. The number of allylic oxidation sites excluding steroid dienone is 2. The zero-order valence-electron chi connectivity index (χ0n) is 7.31. The molecule has 0 heterocycles. The highest BCUT2D eigenvalue weighted by Gasteiger charge is 2.50. The van der Waals surface area contributed by atoms with Crippen LogP contribution in [0.2, 0.25) is 0 Å². The van der Waals surface area contributed by atoms with Gasteiger partial charge in [-0.05, 0) is 6.08 Å². The Hall–Kier alpha value is -0.740. The Balaban J connectivity index is 3.42. The van der Waals surface area contributed by atoms with Crippen molar-refractivity contribution in [3.63, 3.8) is 0 Å². The molecular formula is C6H9NO6S2. The van der Waals surface area contributed by atoms with Crippen molar-refractivity contribution in [3.05, 3.63) is 24.3 Å². The summed E-state index contributed by atoms with van der Waals surface area (Å²) in [5.74, 6) is 0. The van der Waals surface area contributed by atoms with Crippen molar-refractivity contribution in [2.75, 3.05) is 0 Å². The average molecular weight is 255 g/mol. The summed E-state index contributed by atoms with van der Waals surface area (Å²) in [4.78, 5) is -2.56. The Bertz CT molecular complexity index is 516. The molecule has 2 unspecified atom stereocenters. The van der Waals surface area contributed by atoms with Crippen LogP contribution in [0, 0.1) is 0 Å². The summed E-state index contributed by atoms with van der Waals surface area (Å²) in [5, 5.41) is -1.93. The molecule has 0 bridgehead atoms. The van der Waals surface area contributed by atoms with Gasteiger partial charge in [0.2, 0.25) is 0 Å². The topological polar surface area (TPSA) is 135 Å². The third-order valence-electron chi connectivity index (χ3n) is 1.97. The molecular weight excluding hydrogens is 246 g/mol. The van der Waals surface area contributed by atoms with Crippen LogP contribution in [0.1, 0.15) is 0 Å². The molecule has 86 valence electrons. The molecule has 9 heteroatoms. The zero-order valence-corrected chi connectivity index (χ0v) is 8.94. The third kappa shape index (κ3) is 2.11. The summed E-state index contributed by atoms with van der Waals surface area (Å²) in [5.41, 5.74) is 5.25. The Labute approximate surface area is 86.8 Å². The number of hydrogen-bond donors (Lipinski definition) is 3. The van der Waals surface area contributed by atoms with E-state index in [0.717, 1.165) is 18.2 Å². The summed E-state index contributed by atoms with van der Waals surface area (Å²) < 4.78 is 61.2. The lowest BCUT2D eigenvalue weighted by Gasteiger charge is -2.29. The minimum atomic E-state index is -4.86. The van der Waals surface area contributed by atoms with Crippen molar-refractivity contribution < 1.29 is 25.9 Å². The Morgan fingerprint density at radius 1 is 1.13 bits per heavy atom. The summed E-state index contributed by atoms with van der Waals surface area (Å²) in [6, 6.07) is 0. The van der Waals surface area contributed by atoms with Gasteiger partial charge in [-0.2, -0.15) is 16.8 Å². The van der Waals surface area contributed by atoms with Gasteiger partial charge in [-0.1, -0.05) is 18.2 Å². The fraction of sp³-hybridized carbons (Fsp3) is 0.333. The van der Waals surface area contributed by atoms with E-state index in [1.807, 2.05) is 0 Å². The lowest BCUT2D eigenvalue weighted by atomic mass is 10.1. The molecule has 15 heavy (non-hydrogen) atoms. The second kappa shape index (κ2) is 3.39. The van der Waals surface area contributed by atoms with Gasteiger partial charge >= 0.3 is 0 Å². The van der Waals surface area contributed by atoms with Crippen LogP contribution in [0.5, 0.6) is 0 Å². The first-order chi connectivity index (χ1) is 6.59. The van der Waals surface area contributed by atoms with E-state index >= 15 is 0 Å². The fourth-order valence-corrected chi connectivity index (χ4v) is 3.37. The van der Waals surface area contributed by atoms with Crippen molar-refractivity contribution in [1.29, 1.82) is 0 Å². The van der Waals surface area contributed by atoms with E-state index in [1.165, 1.54) is 6.08 Å². The molecule has 0 aromatic rings. The SMILES string of the molecule is NC1(S(=O)(=O)O)C=CC=CC1S(=O)(=O)O. The normalized spacial score (nSPS) is 31.8. The fourth-order valence-electron chi connectivity index (χ4n) is 1.18. The minimum Gasteiger partial charge on any atom is -0.306 e. The van der Waals surface area contributed by atoms with Crippen molar-refractivity contribution in [1.82, 2.24) is 0 Å². The molecule has 0 saturated heterocycles. The standard InChI is InChI=1S/C6H9NO6S2/c7-6(15(11,12)13)4-2-1-3-5(6)14(8,9)10/h1-5H,7H2,(H,8,9,10)(H,11,12,13). The second-order valence-electron chi connectivity index (χ2n) is 3.01. The summed E-state index contributed by atoms with van der Waals surface area (Å²) >= 11 is 0. The summed E-state index contributed by atoms with van der Waals surface area (Å²) in [6.07, 6.45) is 4.04. The first-order valence-electron chi connectivity index (χ1n) is 3.67. The molecule has 1 aliphatic rings. The van der Waals surface area contributed by atoms with Gasteiger partial charge in [0, 0.05) is 0 Å². The van der Waals surface area contributed by atoms with E-state index in [4.69, 9.17) is 14.8 Å². The first-order valence-corrected chi connectivity index (χ1v) is 6.61. The van der Waals surface area contributed by atoms with Gasteiger partial charge in [0.05, 0.1) is 0 Å². The van der Waals surface area contributed by atoms with Crippen LogP contribution in [0.25, 0.3) is 0 Å². The van der Waals surface area contributed by atoms with E-state index in [0.29, 0.717) is 0 Å². The summed E-state index contributed by atoms with van der Waals surface area (Å²) in [7, 11) is -9.58. The van der Waals surface area contributed by atoms with E-state index in [-0.39, 0.29) is 0 Å².